The summed E-state index contributed by atoms with van der Waals surface area (Å²) in [5.41, 5.74) is 1.53. The summed E-state index contributed by atoms with van der Waals surface area (Å²) < 4.78 is 27.0. The van der Waals surface area contributed by atoms with Gasteiger partial charge in [-0.15, -0.1) is 13.2 Å². The predicted molar refractivity (Wildman–Crippen MR) is 181 cm³/mol. The molecule has 4 aliphatic carbocycles. The molecule has 0 saturated heterocycles. The van der Waals surface area contributed by atoms with Crippen LogP contribution in [0, 0.1) is 17.3 Å². The minimum absolute atomic E-state index is 0.00110. The summed E-state index contributed by atoms with van der Waals surface area (Å²) in [5.74, 6) is -0.762. The average Bonchev–Trinajstić information content (AvgIpc) is 3.34. The summed E-state index contributed by atoms with van der Waals surface area (Å²) in [6, 6.07) is 7.70. The zero-order chi connectivity index (χ0) is 35.0. The van der Waals surface area contributed by atoms with Crippen LogP contribution in [-0.2, 0) is 28.5 Å². The molecular formula is C38H58O9. The first-order chi connectivity index (χ1) is 22.3. The van der Waals surface area contributed by atoms with Crippen LogP contribution in [-0.4, -0.2) is 79.8 Å². The van der Waals surface area contributed by atoms with Gasteiger partial charge in [-0.1, -0.05) is 36.8 Å². The molecular weight excluding hydrogens is 600 g/mol. The van der Waals surface area contributed by atoms with Crippen LogP contribution in [0.1, 0.15) is 108 Å². The maximum atomic E-state index is 12.1. The number of ether oxygens (including phenoxy) is 5. The Balaban J connectivity index is 0.000000527. The minimum Gasteiger partial charge on any atom is -0.463 e. The van der Waals surface area contributed by atoms with Gasteiger partial charge in [-0.05, 0) is 82.3 Å². The molecule has 9 heteroatoms. The highest BCUT2D eigenvalue weighted by atomic mass is 16.7. The largest absolute Gasteiger partial charge is 0.463 e. The SMILES string of the molecule is C=C.CCOC(C)OCC.COC1(OC)CCC2=C3[C@@H](CC[C@@]2(O)C1)[C@@H]1CC[C@@](O)(COC(C)=O)[C@@]1(C)C[C@@H]3c1ccc(C=O)cc1. The van der Waals surface area contributed by atoms with Gasteiger partial charge in [-0.25, -0.2) is 0 Å². The number of aliphatic hydroxyl groups is 2. The Morgan fingerprint density at radius 2 is 1.64 bits per heavy atom. The highest BCUT2D eigenvalue weighted by molar-refractivity contribution is 5.74. The number of allylic oxidation sites excluding steroid dienone is 1. The Bertz CT molecular complexity index is 1220. The molecule has 4 aliphatic rings. The van der Waals surface area contributed by atoms with Crippen LogP contribution in [0.4, 0.5) is 0 Å². The molecule has 0 unspecified atom stereocenters. The predicted octanol–water partition coefficient (Wildman–Crippen LogP) is 6.52. The van der Waals surface area contributed by atoms with Crippen molar-refractivity contribution in [2.24, 2.45) is 17.3 Å². The standard InChI is InChI=1S/C30H40O7.C6H14O2.C2H4/c1-19(32)37-18-29(34)13-10-24-22-9-12-28(33)17-30(35-3,36-4)14-11-25(28)26(22)23(15-27(24,29)2)21-7-5-20(16-31)6-8-21;1-4-7-6(3)8-5-2;1-2/h5-8,16,22-24,33-34H,9-15,17-18H2,1-4H3;6H,4-5H2,1-3H3;1-2H2/t22-,23+,24-,27-,28+,29+;;/m0../s1. The molecule has 1 aromatic rings. The summed E-state index contributed by atoms with van der Waals surface area (Å²) in [6.07, 6.45) is 6.11. The van der Waals surface area contributed by atoms with E-state index < -0.39 is 22.4 Å². The Labute approximate surface area is 281 Å². The van der Waals surface area contributed by atoms with Crippen LogP contribution < -0.4 is 0 Å². The highest BCUT2D eigenvalue weighted by Crippen LogP contribution is 2.67. The van der Waals surface area contributed by atoms with Gasteiger partial charge >= 0.3 is 5.97 Å². The van der Waals surface area contributed by atoms with Crippen LogP contribution >= 0.6 is 0 Å². The van der Waals surface area contributed by atoms with Crippen LogP contribution in [0.2, 0.25) is 0 Å². The van der Waals surface area contributed by atoms with Crippen LogP contribution in [0.5, 0.6) is 0 Å². The number of esters is 1. The Morgan fingerprint density at radius 1 is 1.02 bits per heavy atom. The maximum Gasteiger partial charge on any atom is 0.302 e. The molecule has 3 saturated carbocycles. The van der Waals surface area contributed by atoms with E-state index in [4.69, 9.17) is 23.7 Å². The molecule has 0 aliphatic heterocycles. The van der Waals surface area contributed by atoms with Crippen molar-refractivity contribution in [1.82, 2.24) is 0 Å². The van der Waals surface area contributed by atoms with Gasteiger partial charge in [0.1, 0.15) is 18.5 Å². The quantitative estimate of drug-likeness (QED) is 0.125. The van der Waals surface area contributed by atoms with E-state index in [1.807, 2.05) is 45.0 Å². The lowest BCUT2D eigenvalue weighted by Crippen LogP contribution is -2.57. The molecule has 2 N–H and O–H groups in total. The van der Waals surface area contributed by atoms with Gasteiger partial charge in [0.25, 0.3) is 0 Å². The average molecular weight is 659 g/mol. The molecule has 0 heterocycles. The lowest BCUT2D eigenvalue weighted by atomic mass is 9.49. The van der Waals surface area contributed by atoms with E-state index in [0.717, 1.165) is 43.5 Å². The zero-order valence-electron chi connectivity index (χ0n) is 29.6. The lowest BCUT2D eigenvalue weighted by molar-refractivity contribution is -0.246. The van der Waals surface area contributed by atoms with Gasteiger partial charge in [0.15, 0.2) is 12.1 Å². The van der Waals surface area contributed by atoms with Crippen molar-refractivity contribution in [3.05, 3.63) is 59.7 Å². The maximum absolute atomic E-state index is 12.1. The van der Waals surface area contributed by atoms with Crippen molar-refractivity contribution in [2.75, 3.05) is 34.0 Å². The third-order valence-corrected chi connectivity index (χ3v) is 11.3. The third-order valence-electron chi connectivity index (χ3n) is 11.3. The van der Waals surface area contributed by atoms with Crippen molar-refractivity contribution in [3.63, 3.8) is 0 Å². The van der Waals surface area contributed by atoms with E-state index in [0.29, 0.717) is 44.1 Å². The fourth-order valence-corrected chi connectivity index (χ4v) is 8.88. The molecule has 47 heavy (non-hydrogen) atoms. The van der Waals surface area contributed by atoms with E-state index in [-0.39, 0.29) is 36.6 Å². The summed E-state index contributed by atoms with van der Waals surface area (Å²) in [4.78, 5) is 23.0. The van der Waals surface area contributed by atoms with Crippen LogP contribution in [0.15, 0.2) is 48.6 Å². The molecule has 9 nitrogen and oxygen atoms in total. The monoisotopic (exact) mass is 658 g/mol. The Hall–Kier alpha value is -2.40. The van der Waals surface area contributed by atoms with E-state index in [1.54, 1.807) is 14.2 Å². The molecule has 0 amide bonds. The molecule has 6 atom stereocenters. The molecule has 5 rings (SSSR count). The second kappa shape index (κ2) is 16.3. The second-order valence-corrected chi connectivity index (χ2v) is 13.5. The fraction of sp³-hybridized carbons (Fsp3) is 0.684. The van der Waals surface area contributed by atoms with Crippen molar-refractivity contribution in [1.29, 1.82) is 0 Å². The highest BCUT2D eigenvalue weighted by Gasteiger charge is 2.65. The summed E-state index contributed by atoms with van der Waals surface area (Å²) in [5, 5.41) is 24.0. The second-order valence-electron chi connectivity index (χ2n) is 13.5. The number of methoxy groups -OCH3 is 2. The molecule has 0 radical (unpaired) electrons. The molecule has 1 aromatic carbocycles. The van der Waals surface area contributed by atoms with Crippen LogP contribution in [0.3, 0.4) is 0 Å². The van der Waals surface area contributed by atoms with Gasteiger partial charge < -0.3 is 33.9 Å². The first kappa shape index (κ1) is 39.0. The van der Waals surface area contributed by atoms with Crippen molar-refractivity contribution < 1.29 is 43.5 Å². The summed E-state index contributed by atoms with van der Waals surface area (Å²) >= 11 is 0. The van der Waals surface area contributed by atoms with Gasteiger partial charge in [0.05, 0.1) is 5.60 Å². The number of benzene rings is 1. The lowest BCUT2D eigenvalue weighted by Gasteiger charge is -2.57. The Kier molecular flexibility index (Phi) is 13.6. The van der Waals surface area contributed by atoms with Gasteiger partial charge in [0.2, 0.25) is 0 Å². The topological polar surface area (TPSA) is 121 Å². The van der Waals surface area contributed by atoms with Gasteiger partial charge in [-0.2, -0.15) is 0 Å². The third kappa shape index (κ3) is 7.92. The van der Waals surface area contributed by atoms with E-state index >= 15 is 0 Å². The molecule has 0 aromatic heterocycles. The molecule has 3 fully saturated rings. The zero-order valence-corrected chi connectivity index (χ0v) is 29.6. The number of aldehydes is 1. The molecule has 0 bridgehead atoms. The van der Waals surface area contributed by atoms with Crippen LogP contribution in [0.25, 0.3) is 0 Å². The van der Waals surface area contributed by atoms with Crippen molar-refractivity contribution in [2.45, 2.75) is 115 Å². The van der Waals surface area contributed by atoms with E-state index in [2.05, 4.69) is 20.1 Å². The first-order valence-electron chi connectivity index (χ1n) is 17.0. The number of fused-ring (bicyclic) bond motifs is 4. The number of hydrogen-bond donors (Lipinski definition) is 2. The minimum atomic E-state index is -1.11. The molecule has 0 spiro atoms. The Morgan fingerprint density at radius 3 is 2.17 bits per heavy atom. The molecule has 264 valence electrons. The number of carbonyl (C=O) groups is 2. The van der Waals surface area contributed by atoms with Crippen molar-refractivity contribution >= 4 is 12.3 Å². The number of hydrogen-bond acceptors (Lipinski definition) is 9. The van der Waals surface area contributed by atoms with E-state index in [9.17, 15) is 19.8 Å². The summed E-state index contributed by atoms with van der Waals surface area (Å²) in [6.45, 7) is 16.8. The smallest absolute Gasteiger partial charge is 0.302 e. The van der Waals surface area contributed by atoms with Crippen molar-refractivity contribution in [3.8, 4) is 0 Å². The van der Waals surface area contributed by atoms with Gasteiger partial charge in [-0.3, -0.25) is 9.59 Å². The number of carbonyl (C=O) groups excluding carboxylic acids is 2. The normalized spacial score (nSPS) is 32.1. The fourth-order valence-electron chi connectivity index (χ4n) is 8.88. The number of rotatable bonds is 10. The first-order valence-corrected chi connectivity index (χ1v) is 17.0. The van der Waals surface area contributed by atoms with Gasteiger partial charge in [0, 0.05) is 64.1 Å². The summed E-state index contributed by atoms with van der Waals surface area (Å²) in [7, 11) is 3.28. The van der Waals surface area contributed by atoms with E-state index in [1.165, 1.54) is 12.5 Å².